The van der Waals surface area contributed by atoms with Crippen molar-refractivity contribution in [3.8, 4) is 0 Å². The first-order valence-corrected chi connectivity index (χ1v) is 5.47. The molecule has 1 aromatic heterocycles. The molecule has 0 saturated heterocycles. The van der Waals surface area contributed by atoms with Gasteiger partial charge in [0.15, 0.2) is 5.69 Å². The SMILES string of the molecule is CCOC(=O)c1nc(Br)cc([N+](=O)[O-])c1C(F)F. The van der Waals surface area contributed by atoms with Crippen LogP contribution in [0, 0.1) is 10.1 Å². The zero-order valence-corrected chi connectivity index (χ0v) is 10.6. The van der Waals surface area contributed by atoms with E-state index in [4.69, 9.17) is 0 Å². The van der Waals surface area contributed by atoms with E-state index in [1.807, 2.05) is 0 Å². The standard InChI is InChI=1S/C9H7BrF2N2O4/c1-2-18-9(15)7-6(8(11)12)4(14(16)17)3-5(10)13-7/h3,8H,2H2,1H3. The Morgan fingerprint density at radius 1 is 1.67 bits per heavy atom. The van der Waals surface area contributed by atoms with Crippen LogP contribution in [0.1, 0.15) is 29.4 Å². The first-order chi connectivity index (χ1) is 8.38. The minimum atomic E-state index is -3.20. The number of carbonyl (C=O) groups is 1. The van der Waals surface area contributed by atoms with Crippen LogP contribution in [0.2, 0.25) is 0 Å². The van der Waals surface area contributed by atoms with Crippen LogP contribution in [0.5, 0.6) is 0 Å². The van der Waals surface area contributed by atoms with Gasteiger partial charge in [-0.1, -0.05) is 0 Å². The number of nitrogens with zero attached hydrogens (tertiary/aromatic N) is 2. The lowest BCUT2D eigenvalue weighted by Gasteiger charge is -2.08. The maximum atomic E-state index is 12.8. The van der Waals surface area contributed by atoms with Crippen LogP contribution < -0.4 is 0 Å². The Morgan fingerprint density at radius 3 is 2.72 bits per heavy atom. The minimum Gasteiger partial charge on any atom is -0.461 e. The topological polar surface area (TPSA) is 82.3 Å². The van der Waals surface area contributed by atoms with Crippen LogP contribution in [0.4, 0.5) is 14.5 Å². The molecule has 1 aromatic rings. The molecule has 0 unspecified atom stereocenters. The van der Waals surface area contributed by atoms with E-state index in [0.717, 1.165) is 6.07 Å². The maximum absolute atomic E-state index is 12.8. The lowest BCUT2D eigenvalue weighted by molar-refractivity contribution is -0.386. The number of alkyl halides is 2. The highest BCUT2D eigenvalue weighted by Gasteiger charge is 2.31. The van der Waals surface area contributed by atoms with Gasteiger partial charge in [0, 0.05) is 6.07 Å². The maximum Gasteiger partial charge on any atom is 0.357 e. The predicted octanol–water partition coefficient (Wildman–Crippen LogP) is 2.87. The number of nitro groups is 1. The molecule has 0 spiro atoms. The van der Waals surface area contributed by atoms with Crippen molar-refractivity contribution in [1.29, 1.82) is 0 Å². The quantitative estimate of drug-likeness (QED) is 0.368. The monoisotopic (exact) mass is 324 g/mol. The Hall–Kier alpha value is -1.64. The average molecular weight is 325 g/mol. The summed E-state index contributed by atoms with van der Waals surface area (Å²) in [7, 11) is 0. The minimum absolute atomic E-state index is 0.0521. The van der Waals surface area contributed by atoms with Crippen molar-refractivity contribution in [3.05, 3.63) is 32.0 Å². The molecule has 98 valence electrons. The summed E-state index contributed by atoms with van der Waals surface area (Å²) in [5.74, 6) is -1.13. The third kappa shape index (κ3) is 2.97. The van der Waals surface area contributed by atoms with E-state index in [-0.39, 0.29) is 11.2 Å². The van der Waals surface area contributed by atoms with Crippen molar-refractivity contribution in [2.45, 2.75) is 13.3 Å². The third-order valence-electron chi connectivity index (χ3n) is 1.89. The highest BCUT2D eigenvalue weighted by molar-refractivity contribution is 9.10. The molecule has 18 heavy (non-hydrogen) atoms. The van der Waals surface area contributed by atoms with Crippen molar-refractivity contribution < 1.29 is 23.2 Å². The number of hydrogen-bond acceptors (Lipinski definition) is 5. The van der Waals surface area contributed by atoms with Gasteiger partial charge in [-0.15, -0.1) is 0 Å². The molecule has 0 amide bonds. The first-order valence-electron chi connectivity index (χ1n) is 4.68. The summed E-state index contributed by atoms with van der Waals surface area (Å²) in [5, 5.41) is 10.7. The summed E-state index contributed by atoms with van der Waals surface area (Å²) in [6, 6.07) is 0.810. The second kappa shape index (κ2) is 5.80. The molecule has 0 saturated carbocycles. The van der Waals surface area contributed by atoms with Crippen LogP contribution in [0.15, 0.2) is 10.7 Å². The van der Waals surface area contributed by atoms with Crippen LogP contribution >= 0.6 is 15.9 Å². The van der Waals surface area contributed by atoms with Gasteiger partial charge in [0.1, 0.15) is 10.2 Å². The number of carbonyl (C=O) groups excluding carboxylic acids is 1. The molecule has 1 rings (SSSR count). The normalized spacial score (nSPS) is 10.5. The number of pyridine rings is 1. The molecule has 0 N–H and O–H groups in total. The zero-order chi connectivity index (χ0) is 13.9. The zero-order valence-electron chi connectivity index (χ0n) is 9.02. The van der Waals surface area contributed by atoms with Gasteiger partial charge in [-0.2, -0.15) is 0 Å². The van der Waals surface area contributed by atoms with Crippen LogP contribution in [-0.4, -0.2) is 22.5 Å². The summed E-state index contributed by atoms with van der Waals surface area (Å²) >= 11 is 2.82. The van der Waals surface area contributed by atoms with E-state index in [2.05, 4.69) is 25.7 Å². The number of ether oxygens (including phenoxy) is 1. The van der Waals surface area contributed by atoms with Crippen molar-refractivity contribution in [2.75, 3.05) is 6.61 Å². The van der Waals surface area contributed by atoms with Gasteiger partial charge in [-0.25, -0.2) is 18.6 Å². The second-order valence-corrected chi connectivity index (χ2v) is 3.82. The predicted molar refractivity (Wildman–Crippen MR) is 59.5 cm³/mol. The summed E-state index contributed by atoms with van der Waals surface area (Å²) < 4.78 is 30.1. The summed E-state index contributed by atoms with van der Waals surface area (Å²) in [5.41, 5.74) is -2.68. The molecule has 0 fully saturated rings. The number of hydrogen-bond donors (Lipinski definition) is 0. The van der Waals surface area contributed by atoms with Gasteiger partial charge in [0.05, 0.1) is 11.5 Å². The summed E-state index contributed by atoms with van der Waals surface area (Å²) in [6.45, 7) is 1.43. The Balaban J connectivity index is 3.48. The van der Waals surface area contributed by atoms with Crippen LogP contribution in [-0.2, 0) is 4.74 Å². The largest absolute Gasteiger partial charge is 0.461 e. The molecule has 6 nitrogen and oxygen atoms in total. The highest BCUT2D eigenvalue weighted by atomic mass is 79.9. The van der Waals surface area contributed by atoms with Gasteiger partial charge in [0.2, 0.25) is 0 Å². The highest BCUT2D eigenvalue weighted by Crippen LogP contribution is 2.33. The van der Waals surface area contributed by atoms with Gasteiger partial charge < -0.3 is 4.74 Å². The molecule has 0 aliphatic heterocycles. The molecule has 0 aliphatic carbocycles. The smallest absolute Gasteiger partial charge is 0.357 e. The Bertz CT molecular complexity index is 496. The molecule has 0 bridgehead atoms. The molecule has 0 radical (unpaired) electrons. The summed E-state index contributed by atoms with van der Waals surface area (Å²) in [4.78, 5) is 24.6. The average Bonchev–Trinajstić information content (AvgIpc) is 2.27. The van der Waals surface area contributed by atoms with Crippen molar-refractivity contribution in [3.63, 3.8) is 0 Å². The molecule has 0 aliphatic rings. The van der Waals surface area contributed by atoms with E-state index < -0.39 is 34.3 Å². The number of esters is 1. The van der Waals surface area contributed by atoms with Gasteiger partial charge in [0.25, 0.3) is 12.1 Å². The fourth-order valence-electron chi connectivity index (χ4n) is 1.23. The van der Waals surface area contributed by atoms with E-state index >= 15 is 0 Å². The van der Waals surface area contributed by atoms with Gasteiger partial charge in [-0.3, -0.25) is 10.1 Å². The molecule has 9 heteroatoms. The Kier molecular flexibility index (Phi) is 4.65. The van der Waals surface area contributed by atoms with Crippen molar-refractivity contribution in [1.82, 2.24) is 4.98 Å². The van der Waals surface area contributed by atoms with E-state index in [1.54, 1.807) is 0 Å². The van der Waals surface area contributed by atoms with E-state index in [1.165, 1.54) is 6.92 Å². The van der Waals surface area contributed by atoms with E-state index in [0.29, 0.717) is 0 Å². The molecule has 0 atom stereocenters. The molecular weight excluding hydrogens is 318 g/mol. The lowest BCUT2D eigenvalue weighted by atomic mass is 10.1. The third-order valence-corrected chi connectivity index (χ3v) is 2.30. The molecule has 1 heterocycles. The second-order valence-electron chi connectivity index (χ2n) is 3.00. The summed E-state index contributed by atoms with van der Waals surface area (Å²) in [6.07, 6.45) is -3.20. The number of rotatable bonds is 4. The van der Waals surface area contributed by atoms with Gasteiger partial charge in [-0.05, 0) is 22.9 Å². The van der Waals surface area contributed by atoms with Gasteiger partial charge >= 0.3 is 5.97 Å². The fraction of sp³-hybridized carbons (Fsp3) is 0.333. The van der Waals surface area contributed by atoms with Crippen molar-refractivity contribution in [2.24, 2.45) is 0 Å². The fourth-order valence-corrected chi connectivity index (χ4v) is 1.63. The first kappa shape index (κ1) is 14.4. The Labute approximate surface area is 108 Å². The Morgan fingerprint density at radius 2 is 2.28 bits per heavy atom. The number of halogens is 3. The van der Waals surface area contributed by atoms with Crippen molar-refractivity contribution >= 4 is 27.6 Å². The molecular formula is C9H7BrF2N2O4. The molecule has 0 aromatic carbocycles. The van der Waals surface area contributed by atoms with Crippen LogP contribution in [0.3, 0.4) is 0 Å². The van der Waals surface area contributed by atoms with Crippen LogP contribution in [0.25, 0.3) is 0 Å². The lowest BCUT2D eigenvalue weighted by Crippen LogP contribution is -2.13. The van der Waals surface area contributed by atoms with E-state index in [9.17, 15) is 23.7 Å². The number of aromatic nitrogens is 1.